The third-order valence-corrected chi connectivity index (χ3v) is 2.62. The van der Waals surface area contributed by atoms with Gasteiger partial charge >= 0.3 is 0 Å². The minimum absolute atomic E-state index is 0.688. The van der Waals surface area contributed by atoms with Gasteiger partial charge in [-0.05, 0) is 0 Å². The normalized spacial score (nSPS) is 10.9. The molecule has 2 aromatic rings. The molecule has 0 aliphatic carbocycles. The average Bonchev–Trinajstić information content (AvgIpc) is 2.92. The molecule has 2 heterocycles. The maximum absolute atomic E-state index is 5.61. The van der Waals surface area contributed by atoms with Crippen LogP contribution >= 0.6 is 0 Å². The lowest BCUT2D eigenvalue weighted by atomic mass is 10.4. The lowest BCUT2D eigenvalue weighted by Gasteiger charge is -2.04. The molecule has 17 heavy (non-hydrogen) atoms. The molecule has 0 spiro atoms. The van der Waals surface area contributed by atoms with Gasteiger partial charge in [-0.15, -0.1) is 0 Å². The molecule has 0 aliphatic rings. The summed E-state index contributed by atoms with van der Waals surface area (Å²) >= 11 is 0. The maximum Gasteiger partial charge on any atom is 0.150 e. The van der Waals surface area contributed by atoms with Crippen molar-refractivity contribution in [1.82, 2.24) is 24.5 Å². The molecule has 0 fully saturated rings. The van der Waals surface area contributed by atoms with E-state index in [0.29, 0.717) is 5.69 Å². The number of nitrogen functional groups attached to an aromatic ring is 1. The Labute approximate surface area is 100 Å². The van der Waals surface area contributed by atoms with Crippen LogP contribution in [0.2, 0.25) is 0 Å². The quantitative estimate of drug-likeness (QED) is 0.833. The second-order valence-corrected chi connectivity index (χ2v) is 3.91. The van der Waals surface area contributed by atoms with Crippen molar-refractivity contribution in [2.75, 3.05) is 5.73 Å². The van der Waals surface area contributed by atoms with Crippen LogP contribution in [-0.2, 0) is 25.9 Å². The number of nitrogens with zero attached hydrogens (tertiary/aromatic N) is 5. The first-order valence-electron chi connectivity index (χ1n) is 5.93. The van der Waals surface area contributed by atoms with Crippen molar-refractivity contribution >= 4 is 5.69 Å². The van der Waals surface area contributed by atoms with Gasteiger partial charge in [0, 0.05) is 19.0 Å². The highest BCUT2D eigenvalue weighted by molar-refractivity contribution is 5.30. The molecule has 0 radical (unpaired) electrons. The number of hydrogen-bond acceptors (Lipinski definition) is 4. The van der Waals surface area contributed by atoms with Crippen molar-refractivity contribution < 1.29 is 0 Å². The summed E-state index contributed by atoms with van der Waals surface area (Å²) in [5.41, 5.74) is 6.30. The molecule has 6 nitrogen and oxygen atoms in total. The van der Waals surface area contributed by atoms with Gasteiger partial charge in [0.05, 0.1) is 25.0 Å². The second-order valence-electron chi connectivity index (χ2n) is 3.91. The lowest BCUT2D eigenvalue weighted by Crippen LogP contribution is -2.11. The molecule has 0 saturated carbocycles. The van der Waals surface area contributed by atoms with Crippen molar-refractivity contribution in [1.29, 1.82) is 0 Å². The summed E-state index contributed by atoms with van der Waals surface area (Å²) in [4.78, 5) is 4.46. The molecule has 0 unspecified atom stereocenters. The van der Waals surface area contributed by atoms with E-state index in [1.54, 1.807) is 6.20 Å². The van der Waals surface area contributed by atoms with Crippen LogP contribution in [0.4, 0.5) is 5.69 Å². The highest BCUT2D eigenvalue weighted by atomic mass is 15.4. The Morgan fingerprint density at radius 2 is 2.06 bits per heavy atom. The first kappa shape index (κ1) is 11.6. The van der Waals surface area contributed by atoms with Gasteiger partial charge in [-0.3, -0.25) is 4.68 Å². The zero-order valence-corrected chi connectivity index (χ0v) is 10.3. The lowest BCUT2D eigenvalue weighted by molar-refractivity contribution is 0.484. The maximum atomic E-state index is 5.61. The van der Waals surface area contributed by atoms with Crippen molar-refractivity contribution in [3.63, 3.8) is 0 Å². The van der Waals surface area contributed by atoms with Gasteiger partial charge in [0.2, 0.25) is 0 Å². The van der Waals surface area contributed by atoms with Gasteiger partial charge in [-0.25, -0.2) is 9.67 Å². The molecule has 6 heteroatoms. The molecule has 2 rings (SSSR count). The Kier molecular flexibility index (Phi) is 3.41. The van der Waals surface area contributed by atoms with E-state index >= 15 is 0 Å². The van der Waals surface area contributed by atoms with Gasteiger partial charge < -0.3 is 5.73 Å². The minimum atomic E-state index is 0.688. The first-order chi connectivity index (χ1) is 8.22. The van der Waals surface area contributed by atoms with Crippen LogP contribution < -0.4 is 5.73 Å². The number of aryl methyl sites for hydroxylation is 4. The van der Waals surface area contributed by atoms with Gasteiger partial charge in [-0.2, -0.15) is 10.2 Å². The number of hydrogen-bond donors (Lipinski definition) is 1. The van der Waals surface area contributed by atoms with Crippen LogP contribution in [0.5, 0.6) is 0 Å². The molecular formula is C11H18N6. The predicted octanol–water partition coefficient (Wildman–Crippen LogP) is 0.882. The van der Waals surface area contributed by atoms with Crippen molar-refractivity contribution in [3.05, 3.63) is 24.0 Å². The van der Waals surface area contributed by atoms with Gasteiger partial charge in [0.25, 0.3) is 0 Å². The molecular weight excluding hydrogens is 216 g/mol. The zero-order valence-electron chi connectivity index (χ0n) is 10.3. The highest BCUT2D eigenvalue weighted by Gasteiger charge is 2.06. The monoisotopic (exact) mass is 234 g/mol. The number of anilines is 1. The summed E-state index contributed by atoms with van der Waals surface area (Å²) in [6.45, 7) is 5.69. The Balaban J connectivity index is 2.05. The van der Waals surface area contributed by atoms with Crippen molar-refractivity contribution in [2.45, 2.75) is 39.8 Å². The number of rotatable bonds is 5. The van der Waals surface area contributed by atoms with E-state index in [2.05, 4.69) is 29.0 Å². The Hall–Kier alpha value is -1.85. The summed E-state index contributed by atoms with van der Waals surface area (Å²) in [7, 11) is 0. The molecule has 0 atom stereocenters. The van der Waals surface area contributed by atoms with Gasteiger partial charge in [0.15, 0.2) is 5.82 Å². The van der Waals surface area contributed by atoms with E-state index in [1.165, 1.54) is 0 Å². The largest absolute Gasteiger partial charge is 0.396 e. The topological polar surface area (TPSA) is 74.5 Å². The van der Waals surface area contributed by atoms with Crippen LogP contribution in [0.3, 0.4) is 0 Å². The van der Waals surface area contributed by atoms with Gasteiger partial charge in [0.1, 0.15) is 5.82 Å². The van der Waals surface area contributed by atoms with Crippen LogP contribution in [0.25, 0.3) is 0 Å². The molecule has 2 N–H and O–H groups in total. The highest BCUT2D eigenvalue weighted by Crippen LogP contribution is 2.03. The van der Waals surface area contributed by atoms with E-state index in [-0.39, 0.29) is 0 Å². The minimum Gasteiger partial charge on any atom is -0.396 e. The fourth-order valence-corrected chi connectivity index (χ4v) is 1.72. The standard InChI is InChI=1S/C11H18N6/c1-3-10-14-11(4-2)17(15-10)6-5-16-8-9(12)7-13-16/h7-8H,3-6,12H2,1-2H3. The Morgan fingerprint density at radius 3 is 2.65 bits per heavy atom. The Morgan fingerprint density at radius 1 is 1.24 bits per heavy atom. The van der Waals surface area contributed by atoms with E-state index in [1.807, 2.05) is 15.6 Å². The van der Waals surface area contributed by atoms with Crippen LogP contribution in [0.1, 0.15) is 25.5 Å². The molecule has 0 amide bonds. The Bertz CT molecular complexity index is 484. The molecule has 0 aromatic carbocycles. The van der Waals surface area contributed by atoms with Crippen molar-refractivity contribution in [3.8, 4) is 0 Å². The first-order valence-corrected chi connectivity index (χ1v) is 5.93. The fraction of sp³-hybridized carbons (Fsp3) is 0.545. The van der Waals surface area contributed by atoms with Crippen LogP contribution in [0, 0.1) is 0 Å². The zero-order chi connectivity index (χ0) is 12.3. The summed E-state index contributed by atoms with van der Waals surface area (Å²) in [6, 6.07) is 0. The molecule has 0 saturated heterocycles. The number of nitrogens with two attached hydrogens (primary N) is 1. The smallest absolute Gasteiger partial charge is 0.150 e. The SMILES string of the molecule is CCc1nc(CC)n(CCn2cc(N)cn2)n1. The van der Waals surface area contributed by atoms with Crippen molar-refractivity contribution in [2.24, 2.45) is 0 Å². The van der Waals surface area contributed by atoms with E-state index in [0.717, 1.165) is 37.6 Å². The second kappa shape index (κ2) is 4.99. The molecule has 0 bridgehead atoms. The predicted molar refractivity (Wildman–Crippen MR) is 65.4 cm³/mol. The van der Waals surface area contributed by atoms with E-state index < -0.39 is 0 Å². The van der Waals surface area contributed by atoms with Crippen LogP contribution in [-0.4, -0.2) is 24.5 Å². The van der Waals surface area contributed by atoms with E-state index in [4.69, 9.17) is 5.73 Å². The number of aromatic nitrogens is 5. The summed E-state index contributed by atoms with van der Waals surface area (Å²) in [5.74, 6) is 1.93. The van der Waals surface area contributed by atoms with Crippen LogP contribution in [0.15, 0.2) is 12.4 Å². The van der Waals surface area contributed by atoms with Gasteiger partial charge in [-0.1, -0.05) is 13.8 Å². The third kappa shape index (κ3) is 2.64. The summed E-state index contributed by atoms with van der Waals surface area (Å²) in [5, 5.41) is 8.60. The molecule has 92 valence electrons. The average molecular weight is 234 g/mol. The molecule has 2 aromatic heterocycles. The molecule has 0 aliphatic heterocycles. The summed E-state index contributed by atoms with van der Waals surface area (Å²) < 4.78 is 3.78. The third-order valence-electron chi connectivity index (χ3n) is 2.62. The van der Waals surface area contributed by atoms with E-state index in [9.17, 15) is 0 Å². The summed E-state index contributed by atoms with van der Waals surface area (Å²) in [6.07, 6.45) is 5.24. The fourth-order valence-electron chi connectivity index (χ4n) is 1.72.